The molecule has 24 heavy (non-hydrogen) atoms. The minimum Gasteiger partial charge on any atom is -0.378 e. The second kappa shape index (κ2) is 7.33. The zero-order chi connectivity index (χ0) is 17.9. The molecule has 1 aliphatic rings. The zero-order valence-electron chi connectivity index (χ0n) is 14.6. The topological polar surface area (TPSA) is 73.0 Å². The molecule has 1 atom stereocenters. The van der Waals surface area contributed by atoms with E-state index in [0.717, 1.165) is 5.69 Å². The molecular weight excluding hydrogens is 308 g/mol. The van der Waals surface area contributed by atoms with Crippen molar-refractivity contribution in [3.8, 4) is 0 Å². The summed E-state index contributed by atoms with van der Waals surface area (Å²) in [5.74, 6) is -0.556. The van der Waals surface area contributed by atoms with Crippen LogP contribution >= 0.6 is 0 Å². The molecule has 0 radical (unpaired) electrons. The molecule has 0 spiro atoms. The van der Waals surface area contributed by atoms with Crippen LogP contribution in [0.1, 0.15) is 17.3 Å². The quantitative estimate of drug-likeness (QED) is 0.856. The van der Waals surface area contributed by atoms with Gasteiger partial charge in [0.05, 0.1) is 6.54 Å². The predicted molar refractivity (Wildman–Crippen MR) is 91.9 cm³/mol. The van der Waals surface area contributed by atoms with E-state index in [1.807, 2.05) is 31.1 Å². The van der Waals surface area contributed by atoms with Gasteiger partial charge in [-0.3, -0.25) is 14.4 Å². The van der Waals surface area contributed by atoms with Gasteiger partial charge >= 0.3 is 0 Å². The number of hydrogen-bond acceptors (Lipinski definition) is 4. The van der Waals surface area contributed by atoms with Gasteiger partial charge in [0.2, 0.25) is 11.8 Å². The first-order valence-electron chi connectivity index (χ1n) is 7.90. The Morgan fingerprint density at radius 2 is 1.92 bits per heavy atom. The molecule has 1 fully saturated rings. The van der Waals surface area contributed by atoms with Gasteiger partial charge in [-0.05, 0) is 18.2 Å². The van der Waals surface area contributed by atoms with Crippen LogP contribution in [0.25, 0.3) is 0 Å². The normalized spacial score (nSPS) is 17.4. The van der Waals surface area contributed by atoms with E-state index in [1.165, 1.54) is 14.0 Å². The van der Waals surface area contributed by atoms with Crippen LogP contribution in [0.5, 0.6) is 0 Å². The van der Waals surface area contributed by atoms with E-state index in [-0.39, 0.29) is 24.3 Å². The summed E-state index contributed by atoms with van der Waals surface area (Å²) < 4.78 is 0. The van der Waals surface area contributed by atoms with Gasteiger partial charge in [-0.25, -0.2) is 0 Å². The average molecular weight is 332 g/mol. The Balaban J connectivity index is 2.27. The van der Waals surface area contributed by atoms with Crippen LogP contribution in [0.2, 0.25) is 0 Å². The van der Waals surface area contributed by atoms with Crippen molar-refractivity contribution in [2.24, 2.45) is 0 Å². The van der Waals surface area contributed by atoms with E-state index < -0.39 is 6.04 Å². The molecule has 3 amide bonds. The largest absolute Gasteiger partial charge is 0.378 e. The third-order valence-corrected chi connectivity index (χ3v) is 4.25. The Kier molecular flexibility index (Phi) is 5.43. The first-order chi connectivity index (χ1) is 11.3. The van der Waals surface area contributed by atoms with Gasteiger partial charge in [0.15, 0.2) is 0 Å². The maximum absolute atomic E-state index is 12.9. The molecule has 1 aromatic rings. The molecule has 0 saturated carbocycles. The molecule has 1 N–H and O–H groups in total. The van der Waals surface area contributed by atoms with Crippen molar-refractivity contribution in [1.29, 1.82) is 0 Å². The van der Waals surface area contributed by atoms with Crippen LogP contribution in [0, 0.1) is 0 Å². The Hall–Kier alpha value is -2.57. The molecule has 1 aliphatic heterocycles. The number of carbonyl (C=O) groups is 3. The van der Waals surface area contributed by atoms with Gasteiger partial charge in [0.1, 0.15) is 6.04 Å². The third-order valence-electron chi connectivity index (χ3n) is 4.25. The summed E-state index contributed by atoms with van der Waals surface area (Å²) in [5.41, 5.74) is 1.45. The van der Waals surface area contributed by atoms with E-state index in [1.54, 1.807) is 21.9 Å². The van der Waals surface area contributed by atoms with Crippen molar-refractivity contribution in [3.05, 3.63) is 29.8 Å². The zero-order valence-corrected chi connectivity index (χ0v) is 14.6. The highest BCUT2D eigenvalue weighted by Gasteiger charge is 2.36. The Labute approximate surface area is 142 Å². The number of likely N-dealkylation sites (N-methyl/N-ethyl adjacent to an activating group) is 1. The molecule has 7 heteroatoms. The van der Waals surface area contributed by atoms with Crippen molar-refractivity contribution < 1.29 is 14.4 Å². The van der Waals surface area contributed by atoms with Crippen LogP contribution in [-0.2, 0) is 9.59 Å². The number of hydrogen-bond donors (Lipinski definition) is 1. The molecule has 0 unspecified atom stereocenters. The second-order valence-electron chi connectivity index (χ2n) is 6.04. The molecule has 1 saturated heterocycles. The maximum atomic E-state index is 12.9. The van der Waals surface area contributed by atoms with Crippen molar-refractivity contribution in [3.63, 3.8) is 0 Å². The first-order valence-corrected chi connectivity index (χ1v) is 7.90. The van der Waals surface area contributed by atoms with Crippen LogP contribution in [0.3, 0.4) is 0 Å². The highest BCUT2D eigenvalue weighted by atomic mass is 16.2. The average Bonchev–Trinajstić information content (AvgIpc) is 2.59. The molecule has 0 aromatic heterocycles. The van der Waals surface area contributed by atoms with Crippen molar-refractivity contribution in [2.45, 2.75) is 13.0 Å². The number of carbonyl (C=O) groups excluding carboxylic acids is 3. The van der Waals surface area contributed by atoms with Crippen LogP contribution in [0.15, 0.2) is 24.3 Å². The SMILES string of the molecule is CNC(=O)[C@@H]1CN(C(C)=O)CCN1C(=O)c1cccc(N(C)C)c1. The molecule has 1 aromatic carbocycles. The summed E-state index contributed by atoms with van der Waals surface area (Å²) in [6.45, 7) is 2.46. The summed E-state index contributed by atoms with van der Waals surface area (Å²) in [7, 11) is 5.34. The van der Waals surface area contributed by atoms with Gasteiger partial charge in [-0.2, -0.15) is 0 Å². The first kappa shape index (κ1) is 17.8. The predicted octanol–water partition coefficient (Wildman–Crippen LogP) is 0.172. The minimum absolute atomic E-state index is 0.0920. The fourth-order valence-electron chi connectivity index (χ4n) is 2.79. The summed E-state index contributed by atoms with van der Waals surface area (Å²) >= 11 is 0. The van der Waals surface area contributed by atoms with Crippen LogP contribution < -0.4 is 10.2 Å². The van der Waals surface area contributed by atoms with Crippen LogP contribution in [0.4, 0.5) is 5.69 Å². The number of nitrogens with one attached hydrogen (secondary N) is 1. The molecule has 130 valence electrons. The fraction of sp³-hybridized carbons (Fsp3) is 0.471. The summed E-state index contributed by atoms with van der Waals surface area (Å²) in [6, 6.07) is 6.61. The lowest BCUT2D eigenvalue weighted by molar-refractivity contribution is -0.135. The van der Waals surface area contributed by atoms with E-state index in [0.29, 0.717) is 18.7 Å². The van der Waals surface area contributed by atoms with Gasteiger partial charge in [-0.15, -0.1) is 0 Å². The molecular formula is C17H24N4O3. The summed E-state index contributed by atoms with van der Waals surface area (Å²) in [6.07, 6.45) is 0. The van der Waals surface area contributed by atoms with Gasteiger partial charge < -0.3 is 20.0 Å². The van der Waals surface area contributed by atoms with E-state index in [9.17, 15) is 14.4 Å². The molecule has 1 heterocycles. The van der Waals surface area contributed by atoms with Crippen molar-refractivity contribution in [2.75, 3.05) is 45.7 Å². The molecule has 7 nitrogen and oxygen atoms in total. The van der Waals surface area contributed by atoms with Gasteiger partial charge in [-0.1, -0.05) is 6.07 Å². The van der Waals surface area contributed by atoms with E-state index in [4.69, 9.17) is 0 Å². The van der Waals surface area contributed by atoms with Gasteiger partial charge in [0.25, 0.3) is 5.91 Å². The molecule has 0 bridgehead atoms. The number of benzene rings is 1. The number of rotatable bonds is 3. The Morgan fingerprint density at radius 1 is 1.21 bits per heavy atom. The smallest absolute Gasteiger partial charge is 0.254 e. The Morgan fingerprint density at radius 3 is 2.50 bits per heavy atom. The van der Waals surface area contributed by atoms with Gasteiger partial charge in [0, 0.05) is 52.4 Å². The van der Waals surface area contributed by atoms with E-state index in [2.05, 4.69) is 5.32 Å². The lowest BCUT2D eigenvalue weighted by atomic mass is 10.1. The lowest BCUT2D eigenvalue weighted by Crippen LogP contribution is -2.61. The highest BCUT2D eigenvalue weighted by molar-refractivity contribution is 5.98. The molecule has 2 rings (SSSR count). The van der Waals surface area contributed by atoms with Crippen molar-refractivity contribution in [1.82, 2.24) is 15.1 Å². The summed E-state index contributed by atoms with van der Waals surface area (Å²) in [5, 5.41) is 2.58. The monoisotopic (exact) mass is 332 g/mol. The standard InChI is InChI=1S/C17H24N4O3/c1-12(22)20-8-9-21(15(11-20)16(23)18-2)17(24)13-6-5-7-14(10-13)19(3)4/h5-7,10,15H,8-9,11H2,1-4H3,(H,18,23)/t15-/m0/s1. The number of piperazine rings is 1. The number of anilines is 1. The van der Waals surface area contributed by atoms with Crippen LogP contribution in [-0.4, -0.2) is 74.3 Å². The summed E-state index contributed by atoms with van der Waals surface area (Å²) in [4.78, 5) is 41.8. The molecule has 0 aliphatic carbocycles. The van der Waals surface area contributed by atoms with E-state index >= 15 is 0 Å². The second-order valence-corrected chi connectivity index (χ2v) is 6.04. The minimum atomic E-state index is -0.678. The lowest BCUT2D eigenvalue weighted by Gasteiger charge is -2.40. The maximum Gasteiger partial charge on any atom is 0.254 e. The third kappa shape index (κ3) is 3.67. The Bertz CT molecular complexity index is 644. The number of amides is 3. The number of nitrogens with zero attached hydrogens (tertiary/aromatic N) is 3. The highest BCUT2D eigenvalue weighted by Crippen LogP contribution is 2.18. The fourth-order valence-corrected chi connectivity index (χ4v) is 2.79. The van der Waals surface area contributed by atoms with Crippen molar-refractivity contribution >= 4 is 23.4 Å².